The van der Waals surface area contributed by atoms with Crippen LogP contribution in [0.25, 0.3) is 0 Å². The highest BCUT2D eigenvalue weighted by Crippen LogP contribution is 2.14. The van der Waals surface area contributed by atoms with E-state index in [1.54, 1.807) is 0 Å². The van der Waals surface area contributed by atoms with Crippen molar-refractivity contribution in [1.29, 1.82) is 0 Å². The van der Waals surface area contributed by atoms with Gasteiger partial charge in [0.2, 0.25) is 5.91 Å². The van der Waals surface area contributed by atoms with E-state index >= 15 is 0 Å². The molecule has 90 valence electrons. The Morgan fingerprint density at radius 1 is 1.47 bits per heavy atom. The molecular formula is C9H20N2O3S. The zero-order valence-corrected chi connectivity index (χ0v) is 10.5. The minimum absolute atomic E-state index is 0.143. The second kappa shape index (κ2) is 4.94. The number of amides is 1. The Morgan fingerprint density at radius 2 is 1.93 bits per heavy atom. The fourth-order valence-corrected chi connectivity index (χ4v) is 1.14. The molecule has 1 unspecified atom stereocenters. The third-order valence-corrected chi connectivity index (χ3v) is 4.53. The number of sulfone groups is 1. The highest BCUT2D eigenvalue weighted by atomic mass is 32.2. The quantitative estimate of drug-likeness (QED) is 0.675. The van der Waals surface area contributed by atoms with Gasteiger partial charge in [-0.15, -0.1) is 0 Å². The highest BCUT2D eigenvalue weighted by Gasteiger charge is 2.38. The van der Waals surface area contributed by atoms with E-state index in [0.29, 0.717) is 13.1 Å². The van der Waals surface area contributed by atoms with Crippen LogP contribution >= 0.6 is 0 Å². The molecule has 0 saturated heterocycles. The number of hydrogen-bond donors (Lipinski definition) is 2. The van der Waals surface area contributed by atoms with E-state index in [9.17, 15) is 13.2 Å². The number of nitrogens with one attached hydrogen (secondary N) is 1. The molecule has 0 aliphatic carbocycles. The molecule has 0 rings (SSSR count). The molecule has 0 aliphatic heterocycles. The summed E-state index contributed by atoms with van der Waals surface area (Å²) in [5.41, 5.74) is 5.38. The molecule has 0 aromatic carbocycles. The lowest BCUT2D eigenvalue weighted by Gasteiger charge is -2.22. The molecule has 3 N–H and O–H groups in total. The largest absolute Gasteiger partial charge is 0.354 e. The normalized spacial score (nSPS) is 14.7. The summed E-state index contributed by atoms with van der Waals surface area (Å²) in [5.74, 6) is -0.338. The van der Waals surface area contributed by atoms with E-state index in [1.807, 2.05) is 6.92 Å². The number of nitrogens with two attached hydrogens (primary N) is 1. The summed E-state index contributed by atoms with van der Waals surface area (Å²) in [5, 5.41) is 2.58. The van der Waals surface area contributed by atoms with Crippen molar-refractivity contribution in [3.63, 3.8) is 0 Å². The van der Waals surface area contributed by atoms with Crippen LogP contribution in [-0.2, 0) is 14.6 Å². The average Bonchev–Trinajstić information content (AvgIpc) is 2.11. The maximum absolute atomic E-state index is 11.6. The standard InChI is InChI=1S/C9H20N2O3S/c1-7(5-10)6-11-8(12)9(2,3)15(4,13)14/h7H,5-6,10H2,1-4H3,(H,11,12). The third-order valence-electron chi connectivity index (χ3n) is 2.49. The van der Waals surface area contributed by atoms with E-state index in [4.69, 9.17) is 5.73 Å². The van der Waals surface area contributed by atoms with E-state index < -0.39 is 20.5 Å². The molecule has 0 heterocycles. The van der Waals surface area contributed by atoms with Crippen molar-refractivity contribution in [3.8, 4) is 0 Å². The zero-order chi connectivity index (χ0) is 12.3. The summed E-state index contributed by atoms with van der Waals surface area (Å²) in [6, 6.07) is 0. The van der Waals surface area contributed by atoms with Crippen LogP contribution < -0.4 is 11.1 Å². The fraction of sp³-hybridized carbons (Fsp3) is 0.889. The first kappa shape index (κ1) is 14.4. The molecule has 1 atom stereocenters. The van der Waals surface area contributed by atoms with E-state index in [2.05, 4.69) is 5.32 Å². The summed E-state index contributed by atoms with van der Waals surface area (Å²) in [4.78, 5) is 11.6. The van der Waals surface area contributed by atoms with Gasteiger partial charge < -0.3 is 11.1 Å². The van der Waals surface area contributed by atoms with Crippen LogP contribution in [0.15, 0.2) is 0 Å². The Labute approximate surface area is 91.3 Å². The Balaban J connectivity index is 4.47. The van der Waals surface area contributed by atoms with Gasteiger partial charge in [-0.2, -0.15) is 0 Å². The number of rotatable bonds is 5. The van der Waals surface area contributed by atoms with Gasteiger partial charge in [0.25, 0.3) is 0 Å². The van der Waals surface area contributed by atoms with Crippen LogP contribution in [0.4, 0.5) is 0 Å². The van der Waals surface area contributed by atoms with E-state index in [0.717, 1.165) is 6.26 Å². The van der Waals surface area contributed by atoms with Crippen molar-refractivity contribution >= 4 is 15.7 Å². The second-order valence-corrected chi connectivity index (χ2v) is 6.90. The molecule has 0 aromatic heterocycles. The second-order valence-electron chi connectivity index (χ2n) is 4.33. The van der Waals surface area contributed by atoms with Gasteiger partial charge in [-0.25, -0.2) is 8.42 Å². The fourth-order valence-electron chi connectivity index (χ4n) is 0.732. The Bertz CT molecular complexity index is 322. The van der Waals surface area contributed by atoms with Crippen LogP contribution in [0.1, 0.15) is 20.8 Å². The minimum Gasteiger partial charge on any atom is -0.354 e. The lowest BCUT2D eigenvalue weighted by molar-refractivity contribution is -0.123. The summed E-state index contributed by atoms with van der Waals surface area (Å²) in [6.07, 6.45) is 1.05. The molecule has 0 fully saturated rings. The first-order valence-corrected chi connectivity index (χ1v) is 6.70. The Kier molecular flexibility index (Phi) is 4.73. The van der Waals surface area contributed by atoms with Crippen molar-refractivity contribution in [2.75, 3.05) is 19.3 Å². The minimum atomic E-state index is -3.40. The predicted molar refractivity (Wildman–Crippen MR) is 60.2 cm³/mol. The summed E-state index contributed by atoms with van der Waals surface area (Å²) in [6.45, 7) is 5.52. The third kappa shape index (κ3) is 3.79. The molecular weight excluding hydrogens is 216 g/mol. The van der Waals surface area contributed by atoms with Crippen LogP contribution in [0.3, 0.4) is 0 Å². The smallest absolute Gasteiger partial charge is 0.240 e. The van der Waals surface area contributed by atoms with Crippen molar-refractivity contribution < 1.29 is 13.2 Å². The van der Waals surface area contributed by atoms with Crippen LogP contribution in [0.2, 0.25) is 0 Å². The molecule has 0 aliphatic rings. The molecule has 0 aromatic rings. The van der Waals surface area contributed by atoms with Crippen molar-refractivity contribution in [3.05, 3.63) is 0 Å². The zero-order valence-electron chi connectivity index (χ0n) is 9.70. The monoisotopic (exact) mass is 236 g/mol. The molecule has 6 heteroatoms. The Morgan fingerprint density at radius 3 is 2.27 bits per heavy atom. The van der Waals surface area contributed by atoms with Crippen LogP contribution in [0, 0.1) is 5.92 Å². The van der Waals surface area contributed by atoms with Gasteiger partial charge in [0.05, 0.1) is 0 Å². The summed E-state index contributed by atoms with van der Waals surface area (Å²) in [7, 11) is -3.40. The molecule has 15 heavy (non-hydrogen) atoms. The van der Waals surface area contributed by atoms with Crippen molar-refractivity contribution in [2.45, 2.75) is 25.5 Å². The molecule has 0 radical (unpaired) electrons. The van der Waals surface area contributed by atoms with Gasteiger partial charge in [-0.1, -0.05) is 6.92 Å². The van der Waals surface area contributed by atoms with Gasteiger partial charge in [0.15, 0.2) is 9.84 Å². The van der Waals surface area contributed by atoms with E-state index in [-0.39, 0.29) is 5.92 Å². The lowest BCUT2D eigenvalue weighted by atomic mass is 10.1. The lowest BCUT2D eigenvalue weighted by Crippen LogP contribution is -2.48. The topological polar surface area (TPSA) is 89.3 Å². The number of hydrogen-bond acceptors (Lipinski definition) is 4. The molecule has 0 saturated carbocycles. The molecule has 5 nitrogen and oxygen atoms in total. The molecule has 1 amide bonds. The first-order chi connectivity index (χ1) is 6.63. The average molecular weight is 236 g/mol. The SMILES string of the molecule is CC(CN)CNC(=O)C(C)(C)S(C)(=O)=O. The van der Waals surface area contributed by atoms with Gasteiger partial charge >= 0.3 is 0 Å². The van der Waals surface area contributed by atoms with Crippen LogP contribution in [-0.4, -0.2) is 38.4 Å². The number of carbonyl (C=O) groups excluding carboxylic acids is 1. The first-order valence-electron chi connectivity index (χ1n) is 4.81. The summed E-state index contributed by atoms with van der Waals surface area (Å²) < 4.78 is 21.3. The van der Waals surface area contributed by atoms with Gasteiger partial charge in [-0.05, 0) is 26.3 Å². The summed E-state index contributed by atoms with van der Waals surface area (Å²) >= 11 is 0. The molecule has 0 spiro atoms. The maximum Gasteiger partial charge on any atom is 0.240 e. The maximum atomic E-state index is 11.6. The Hall–Kier alpha value is -0.620. The number of carbonyl (C=O) groups is 1. The van der Waals surface area contributed by atoms with Gasteiger partial charge in [-0.3, -0.25) is 4.79 Å². The highest BCUT2D eigenvalue weighted by molar-refractivity contribution is 7.92. The molecule has 0 bridgehead atoms. The predicted octanol–water partition coefficient (Wildman–Crippen LogP) is -0.479. The van der Waals surface area contributed by atoms with Crippen molar-refractivity contribution in [1.82, 2.24) is 5.32 Å². The van der Waals surface area contributed by atoms with Gasteiger partial charge in [0, 0.05) is 12.8 Å². The van der Waals surface area contributed by atoms with Gasteiger partial charge in [0.1, 0.15) is 4.75 Å². The van der Waals surface area contributed by atoms with Crippen LogP contribution in [0.5, 0.6) is 0 Å². The van der Waals surface area contributed by atoms with E-state index in [1.165, 1.54) is 13.8 Å². The van der Waals surface area contributed by atoms with Crippen molar-refractivity contribution in [2.24, 2.45) is 11.7 Å².